The van der Waals surface area contributed by atoms with Gasteiger partial charge in [-0.25, -0.2) is 4.79 Å². The summed E-state index contributed by atoms with van der Waals surface area (Å²) in [6, 6.07) is 16.0. The van der Waals surface area contributed by atoms with Crippen LogP contribution in [0.4, 0.5) is 10.5 Å². The molecule has 0 aromatic heterocycles. The maximum absolute atomic E-state index is 12.3. The van der Waals surface area contributed by atoms with E-state index in [1.807, 2.05) is 36.4 Å². The first-order valence-corrected chi connectivity index (χ1v) is 8.13. The fourth-order valence-electron chi connectivity index (χ4n) is 2.90. The van der Waals surface area contributed by atoms with Crippen LogP contribution in [0.25, 0.3) is 0 Å². The zero-order chi connectivity index (χ0) is 16.1. The molecule has 0 fully saturated rings. The van der Waals surface area contributed by atoms with Crippen LogP contribution in [-0.2, 0) is 12.8 Å². The molecule has 0 unspecified atom stereocenters. The summed E-state index contributed by atoms with van der Waals surface area (Å²) >= 11 is 0. The molecule has 4 heteroatoms. The molecule has 0 bridgehead atoms. The van der Waals surface area contributed by atoms with E-state index in [1.54, 1.807) is 4.90 Å². The van der Waals surface area contributed by atoms with Crippen LogP contribution in [0.3, 0.4) is 0 Å². The fraction of sp³-hybridized carbons (Fsp3) is 0.316. The molecule has 2 aromatic rings. The molecule has 0 aliphatic carbocycles. The molecule has 1 aliphatic heterocycles. The number of nitrogens with zero attached hydrogens (tertiary/aromatic N) is 1. The van der Waals surface area contributed by atoms with Crippen LogP contribution in [0.5, 0.6) is 5.75 Å². The predicted octanol–water partition coefficient (Wildman–Crippen LogP) is 3.40. The number of carbonyl (C=O) groups is 1. The van der Waals surface area contributed by atoms with Crippen molar-refractivity contribution in [2.45, 2.75) is 19.8 Å². The number of fused-ring (bicyclic) bond motifs is 1. The summed E-state index contributed by atoms with van der Waals surface area (Å²) in [5.41, 5.74) is 3.44. The largest absolute Gasteiger partial charge is 0.491 e. The van der Waals surface area contributed by atoms with Crippen LogP contribution in [0, 0.1) is 0 Å². The van der Waals surface area contributed by atoms with Gasteiger partial charge in [0.1, 0.15) is 12.4 Å². The molecule has 120 valence electrons. The second-order valence-corrected chi connectivity index (χ2v) is 5.57. The molecule has 4 nitrogen and oxygen atoms in total. The first-order chi connectivity index (χ1) is 11.3. The smallest absolute Gasteiger partial charge is 0.322 e. The lowest BCUT2D eigenvalue weighted by molar-refractivity contribution is 0.242. The van der Waals surface area contributed by atoms with Gasteiger partial charge in [-0.1, -0.05) is 43.3 Å². The summed E-state index contributed by atoms with van der Waals surface area (Å²) in [6.45, 7) is 3.81. The quantitative estimate of drug-likeness (QED) is 0.860. The van der Waals surface area contributed by atoms with E-state index in [9.17, 15) is 4.79 Å². The second kappa shape index (κ2) is 7.18. The SMILES string of the molecule is CCc1ccccc1OCCNC(=O)N1CCc2ccccc21. The lowest BCUT2D eigenvalue weighted by Gasteiger charge is -2.18. The van der Waals surface area contributed by atoms with Crippen molar-refractivity contribution in [1.82, 2.24) is 5.32 Å². The van der Waals surface area contributed by atoms with Gasteiger partial charge < -0.3 is 10.1 Å². The Morgan fingerprint density at radius 3 is 2.83 bits per heavy atom. The van der Waals surface area contributed by atoms with Crippen molar-refractivity contribution < 1.29 is 9.53 Å². The van der Waals surface area contributed by atoms with Crippen LogP contribution in [-0.4, -0.2) is 25.7 Å². The van der Waals surface area contributed by atoms with E-state index in [0.717, 1.165) is 30.8 Å². The van der Waals surface area contributed by atoms with E-state index < -0.39 is 0 Å². The molecule has 0 saturated heterocycles. The number of benzene rings is 2. The Bertz CT molecular complexity index is 685. The van der Waals surface area contributed by atoms with Crippen LogP contribution < -0.4 is 15.0 Å². The highest BCUT2D eigenvalue weighted by Crippen LogP contribution is 2.27. The lowest BCUT2D eigenvalue weighted by Crippen LogP contribution is -2.40. The summed E-state index contributed by atoms with van der Waals surface area (Å²) < 4.78 is 5.78. The average molecular weight is 310 g/mol. The van der Waals surface area contributed by atoms with E-state index in [-0.39, 0.29) is 6.03 Å². The lowest BCUT2D eigenvalue weighted by atomic mass is 10.1. The van der Waals surface area contributed by atoms with Crippen molar-refractivity contribution in [3.63, 3.8) is 0 Å². The van der Waals surface area contributed by atoms with E-state index in [0.29, 0.717) is 13.2 Å². The first kappa shape index (κ1) is 15.4. The molecule has 0 radical (unpaired) electrons. The van der Waals surface area contributed by atoms with Gasteiger partial charge in [-0.3, -0.25) is 4.90 Å². The van der Waals surface area contributed by atoms with E-state index in [4.69, 9.17) is 4.74 Å². The van der Waals surface area contributed by atoms with Crippen LogP contribution in [0.1, 0.15) is 18.1 Å². The van der Waals surface area contributed by atoms with Gasteiger partial charge >= 0.3 is 6.03 Å². The Kier molecular flexibility index (Phi) is 4.81. The van der Waals surface area contributed by atoms with Gasteiger partial charge in [0, 0.05) is 12.2 Å². The number of hydrogen-bond donors (Lipinski definition) is 1. The Morgan fingerprint density at radius 1 is 1.17 bits per heavy atom. The number of rotatable bonds is 5. The third-order valence-electron chi connectivity index (χ3n) is 4.12. The molecule has 2 amide bonds. The van der Waals surface area contributed by atoms with Crippen LogP contribution >= 0.6 is 0 Å². The van der Waals surface area contributed by atoms with Crippen molar-refractivity contribution in [3.8, 4) is 5.75 Å². The number of anilines is 1. The molecule has 1 aliphatic rings. The Balaban J connectivity index is 1.49. The van der Waals surface area contributed by atoms with Crippen LogP contribution in [0.15, 0.2) is 48.5 Å². The second-order valence-electron chi connectivity index (χ2n) is 5.57. The highest BCUT2D eigenvalue weighted by atomic mass is 16.5. The normalized spacial score (nSPS) is 12.8. The third-order valence-corrected chi connectivity index (χ3v) is 4.12. The summed E-state index contributed by atoms with van der Waals surface area (Å²) in [5, 5.41) is 2.94. The van der Waals surface area contributed by atoms with Gasteiger partial charge in [0.25, 0.3) is 0 Å². The van der Waals surface area contributed by atoms with Crippen molar-refractivity contribution in [1.29, 1.82) is 0 Å². The summed E-state index contributed by atoms with van der Waals surface area (Å²) in [7, 11) is 0. The molecule has 23 heavy (non-hydrogen) atoms. The topological polar surface area (TPSA) is 41.6 Å². The number of nitrogens with one attached hydrogen (secondary N) is 1. The molecular weight excluding hydrogens is 288 g/mol. The zero-order valence-corrected chi connectivity index (χ0v) is 13.4. The molecule has 3 rings (SSSR count). The number of amides is 2. The minimum atomic E-state index is -0.0534. The first-order valence-electron chi connectivity index (χ1n) is 8.13. The molecule has 1 heterocycles. The predicted molar refractivity (Wildman–Crippen MR) is 92.2 cm³/mol. The maximum atomic E-state index is 12.3. The van der Waals surface area contributed by atoms with Gasteiger partial charge in [0.2, 0.25) is 0 Å². The van der Waals surface area contributed by atoms with Gasteiger partial charge in [-0.15, -0.1) is 0 Å². The van der Waals surface area contributed by atoms with Gasteiger partial charge in [-0.2, -0.15) is 0 Å². The summed E-state index contributed by atoms with van der Waals surface area (Å²) in [6.07, 6.45) is 1.86. The number of aryl methyl sites for hydroxylation is 1. The summed E-state index contributed by atoms with van der Waals surface area (Å²) in [5.74, 6) is 0.899. The van der Waals surface area contributed by atoms with Crippen LogP contribution in [0.2, 0.25) is 0 Å². The fourth-order valence-corrected chi connectivity index (χ4v) is 2.90. The third kappa shape index (κ3) is 3.47. The van der Waals surface area contributed by atoms with Gasteiger partial charge in [0.15, 0.2) is 0 Å². The van der Waals surface area contributed by atoms with E-state index >= 15 is 0 Å². The van der Waals surface area contributed by atoms with E-state index in [1.165, 1.54) is 11.1 Å². The standard InChI is InChI=1S/C19H22N2O2/c1-2-15-7-4-6-10-18(15)23-14-12-20-19(22)21-13-11-16-8-3-5-9-17(16)21/h3-10H,2,11-14H2,1H3,(H,20,22). The Hall–Kier alpha value is -2.49. The number of ether oxygens (including phenoxy) is 1. The maximum Gasteiger partial charge on any atom is 0.322 e. The van der Waals surface area contributed by atoms with Crippen molar-refractivity contribution in [2.24, 2.45) is 0 Å². The monoisotopic (exact) mass is 310 g/mol. The highest BCUT2D eigenvalue weighted by Gasteiger charge is 2.23. The van der Waals surface area contributed by atoms with Gasteiger partial charge in [0.05, 0.1) is 6.54 Å². The summed E-state index contributed by atoms with van der Waals surface area (Å²) in [4.78, 5) is 14.1. The highest BCUT2D eigenvalue weighted by molar-refractivity contribution is 5.94. The Morgan fingerprint density at radius 2 is 1.96 bits per heavy atom. The number of carbonyl (C=O) groups excluding carboxylic acids is 1. The van der Waals surface area contributed by atoms with Crippen molar-refractivity contribution in [2.75, 3.05) is 24.6 Å². The average Bonchev–Trinajstić information content (AvgIpc) is 3.03. The van der Waals surface area contributed by atoms with Crippen molar-refractivity contribution >= 4 is 11.7 Å². The molecule has 0 atom stereocenters. The molecule has 2 aromatic carbocycles. The Labute approximate surface area is 137 Å². The molecular formula is C19H22N2O2. The van der Waals surface area contributed by atoms with Gasteiger partial charge in [-0.05, 0) is 36.1 Å². The minimum absolute atomic E-state index is 0.0534. The van der Waals surface area contributed by atoms with E-state index in [2.05, 4.69) is 24.4 Å². The number of hydrogen-bond acceptors (Lipinski definition) is 2. The zero-order valence-electron chi connectivity index (χ0n) is 13.4. The number of urea groups is 1. The van der Waals surface area contributed by atoms with Crippen molar-refractivity contribution in [3.05, 3.63) is 59.7 Å². The molecule has 1 N–H and O–H groups in total. The minimum Gasteiger partial charge on any atom is -0.491 e. The molecule has 0 saturated carbocycles. The molecule has 0 spiro atoms. The number of para-hydroxylation sites is 2.